The van der Waals surface area contributed by atoms with Crippen molar-refractivity contribution < 1.29 is 9.53 Å². The van der Waals surface area contributed by atoms with Gasteiger partial charge in [-0.1, -0.05) is 6.42 Å². The second-order valence-corrected chi connectivity index (χ2v) is 4.27. The number of Topliss-reactive ketones (excluding diaryl/α,β-unsaturated/α-hetero) is 1. The molecule has 1 rings (SSSR count). The van der Waals surface area contributed by atoms with Crippen LogP contribution in [0.3, 0.4) is 0 Å². The molecular weight excluding hydrogens is 178 g/mol. The highest BCUT2D eigenvalue weighted by atomic mass is 16.5. The zero-order chi connectivity index (χ0) is 10.6. The Kier molecular flexibility index (Phi) is 4.55. The third kappa shape index (κ3) is 3.07. The van der Waals surface area contributed by atoms with Gasteiger partial charge in [-0.15, -0.1) is 0 Å². The largest absolute Gasteiger partial charge is 0.377 e. The van der Waals surface area contributed by atoms with Crippen molar-refractivity contribution in [2.45, 2.75) is 45.2 Å². The van der Waals surface area contributed by atoms with Gasteiger partial charge in [-0.3, -0.25) is 9.69 Å². The average molecular weight is 199 g/mol. The molecule has 0 radical (unpaired) electrons. The first-order chi connectivity index (χ1) is 6.65. The van der Waals surface area contributed by atoms with Gasteiger partial charge in [-0.05, 0) is 26.7 Å². The van der Waals surface area contributed by atoms with Crippen LogP contribution >= 0.6 is 0 Å². The van der Waals surface area contributed by atoms with Crippen LogP contribution in [0.4, 0.5) is 0 Å². The summed E-state index contributed by atoms with van der Waals surface area (Å²) in [4.78, 5) is 13.7. The predicted octanol–water partition coefficient (Wildman–Crippen LogP) is 1.46. The van der Waals surface area contributed by atoms with E-state index in [0.29, 0.717) is 18.6 Å². The van der Waals surface area contributed by atoms with Gasteiger partial charge in [0.1, 0.15) is 6.61 Å². The van der Waals surface area contributed by atoms with Gasteiger partial charge in [0.05, 0.1) is 6.54 Å². The Morgan fingerprint density at radius 2 is 1.93 bits per heavy atom. The molecule has 3 heteroatoms. The molecule has 0 amide bonds. The highest BCUT2D eigenvalue weighted by Gasteiger charge is 2.25. The maximum atomic E-state index is 11.4. The summed E-state index contributed by atoms with van der Waals surface area (Å²) in [5.41, 5.74) is 0. The molecule has 0 bridgehead atoms. The fourth-order valence-corrected chi connectivity index (χ4v) is 2.20. The molecule has 14 heavy (non-hydrogen) atoms. The number of likely N-dealkylation sites (tertiary alicyclic amines) is 1. The van der Waals surface area contributed by atoms with Crippen LogP contribution in [0.25, 0.3) is 0 Å². The number of rotatable bonds is 4. The monoisotopic (exact) mass is 199 g/mol. The third-order valence-electron chi connectivity index (χ3n) is 3.04. The zero-order valence-electron chi connectivity index (χ0n) is 9.45. The maximum Gasteiger partial charge on any atom is 0.172 e. The molecule has 0 N–H and O–H groups in total. The Bertz CT molecular complexity index is 184. The van der Waals surface area contributed by atoms with E-state index in [2.05, 4.69) is 18.7 Å². The molecule has 1 heterocycles. The van der Waals surface area contributed by atoms with Gasteiger partial charge in [-0.25, -0.2) is 0 Å². The molecule has 1 fully saturated rings. The first-order valence-corrected chi connectivity index (χ1v) is 5.41. The quantitative estimate of drug-likeness (QED) is 0.686. The summed E-state index contributed by atoms with van der Waals surface area (Å²) >= 11 is 0. The lowest BCUT2D eigenvalue weighted by Crippen LogP contribution is -2.46. The van der Waals surface area contributed by atoms with Gasteiger partial charge in [0.2, 0.25) is 0 Å². The summed E-state index contributed by atoms with van der Waals surface area (Å²) in [7, 11) is 1.57. The molecule has 0 aromatic rings. The Morgan fingerprint density at radius 3 is 2.43 bits per heavy atom. The van der Waals surface area contributed by atoms with E-state index in [0.717, 1.165) is 0 Å². The van der Waals surface area contributed by atoms with Crippen LogP contribution in [0.1, 0.15) is 33.1 Å². The van der Waals surface area contributed by atoms with Crippen LogP contribution in [-0.4, -0.2) is 43.0 Å². The lowest BCUT2D eigenvalue weighted by atomic mass is 9.97. The number of piperidine rings is 1. The molecule has 1 saturated heterocycles. The Labute approximate surface area is 86.4 Å². The summed E-state index contributed by atoms with van der Waals surface area (Å²) in [5, 5.41) is 0. The summed E-state index contributed by atoms with van der Waals surface area (Å²) in [6.07, 6.45) is 3.71. The molecule has 1 aliphatic heterocycles. The lowest BCUT2D eigenvalue weighted by molar-refractivity contribution is -0.125. The Balaban J connectivity index is 2.43. The highest BCUT2D eigenvalue weighted by Crippen LogP contribution is 2.21. The van der Waals surface area contributed by atoms with E-state index in [4.69, 9.17) is 4.74 Å². The van der Waals surface area contributed by atoms with Gasteiger partial charge in [0, 0.05) is 19.2 Å². The topological polar surface area (TPSA) is 29.5 Å². The third-order valence-corrected chi connectivity index (χ3v) is 3.04. The minimum Gasteiger partial charge on any atom is -0.377 e. The molecule has 82 valence electrons. The first-order valence-electron chi connectivity index (χ1n) is 5.41. The van der Waals surface area contributed by atoms with Crippen LogP contribution in [0.5, 0.6) is 0 Å². The van der Waals surface area contributed by atoms with Gasteiger partial charge < -0.3 is 4.74 Å². The second kappa shape index (κ2) is 5.47. The van der Waals surface area contributed by atoms with E-state index in [1.807, 2.05) is 0 Å². The van der Waals surface area contributed by atoms with Gasteiger partial charge in [-0.2, -0.15) is 0 Å². The number of hydrogen-bond acceptors (Lipinski definition) is 3. The van der Waals surface area contributed by atoms with E-state index >= 15 is 0 Å². The minimum atomic E-state index is 0.188. The van der Waals surface area contributed by atoms with Crippen molar-refractivity contribution in [2.75, 3.05) is 20.3 Å². The Hall–Kier alpha value is -0.410. The summed E-state index contributed by atoms with van der Waals surface area (Å²) in [5.74, 6) is 0.188. The maximum absolute atomic E-state index is 11.4. The number of methoxy groups -OCH3 is 1. The molecule has 0 aliphatic carbocycles. The van der Waals surface area contributed by atoms with Crippen molar-refractivity contribution in [3.05, 3.63) is 0 Å². The van der Waals surface area contributed by atoms with Crippen LogP contribution in [0, 0.1) is 0 Å². The number of nitrogens with zero attached hydrogens (tertiary/aromatic N) is 1. The molecule has 0 saturated carbocycles. The standard InChI is InChI=1S/C11H21NO2/c1-9-5-4-6-10(2)12(9)7-11(13)8-14-3/h9-10H,4-8H2,1-3H3. The summed E-state index contributed by atoms with van der Waals surface area (Å²) in [6, 6.07) is 1.08. The van der Waals surface area contributed by atoms with Gasteiger partial charge >= 0.3 is 0 Å². The highest BCUT2D eigenvalue weighted by molar-refractivity contribution is 5.81. The fraction of sp³-hybridized carbons (Fsp3) is 0.909. The predicted molar refractivity (Wildman–Crippen MR) is 56.4 cm³/mol. The number of carbonyl (C=O) groups is 1. The molecule has 0 spiro atoms. The average Bonchev–Trinajstić information content (AvgIpc) is 2.12. The van der Waals surface area contributed by atoms with Crippen LogP contribution in [0.2, 0.25) is 0 Å². The number of ketones is 1. The molecule has 0 aromatic heterocycles. The Morgan fingerprint density at radius 1 is 1.36 bits per heavy atom. The van der Waals surface area contributed by atoms with E-state index in [-0.39, 0.29) is 12.4 Å². The van der Waals surface area contributed by atoms with Gasteiger partial charge in [0.15, 0.2) is 5.78 Å². The molecule has 3 nitrogen and oxygen atoms in total. The van der Waals surface area contributed by atoms with Crippen molar-refractivity contribution in [2.24, 2.45) is 0 Å². The van der Waals surface area contributed by atoms with Crippen LogP contribution in [-0.2, 0) is 9.53 Å². The van der Waals surface area contributed by atoms with Crippen molar-refractivity contribution in [3.8, 4) is 0 Å². The van der Waals surface area contributed by atoms with E-state index in [1.165, 1.54) is 19.3 Å². The van der Waals surface area contributed by atoms with E-state index < -0.39 is 0 Å². The smallest absolute Gasteiger partial charge is 0.172 e. The summed E-state index contributed by atoms with van der Waals surface area (Å²) in [6.45, 7) is 5.21. The number of hydrogen-bond donors (Lipinski definition) is 0. The van der Waals surface area contributed by atoms with Crippen LogP contribution < -0.4 is 0 Å². The fourth-order valence-electron chi connectivity index (χ4n) is 2.20. The van der Waals surface area contributed by atoms with Gasteiger partial charge in [0.25, 0.3) is 0 Å². The van der Waals surface area contributed by atoms with E-state index in [1.54, 1.807) is 7.11 Å². The lowest BCUT2D eigenvalue weighted by Gasteiger charge is -2.38. The number of ether oxygens (including phenoxy) is 1. The zero-order valence-corrected chi connectivity index (χ0v) is 9.45. The molecule has 0 aromatic carbocycles. The van der Waals surface area contributed by atoms with Crippen molar-refractivity contribution >= 4 is 5.78 Å². The minimum absolute atomic E-state index is 0.188. The second-order valence-electron chi connectivity index (χ2n) is 4.27. The van der Waals surface area contributed by atoms with Crippen molar-refractivity contribution in [1.82, 2.24) is 4.90 Å². The summed E-state index contributed by atoms with van der Waals surface area (Å²) < 4.78 is 4.84. The first kappa shape index (κ1) is 11.7. The molecule has 1 aliphatic rings. The molecule has 2 unspecified atom stereocenters. The van der Waals surface area contributed by atoms with Crippen LogP contribution in [0.15, 0.2) is 0 Å². The van der Waals surface area contributed by atoms with E-state index in [9.17, 15) is 4.79 Å². The van der Waals surface area contributed by atoms with Crippen molar-refractivity contribution in [3.63, 3.8) is 0 Å². The van der Waals surface area contributed by atoms with Crippen molar-refractivity contribution in [1.29, 1.82) is 0 Å². The SMILES string of the molecule is COCC(=O)CN1C(C)CCCC1C. The number of carbonyl (C=O) groups excluding carboxylic acids is 1. The molecular formula is C11H21NO2. The molecule has 2 atom stereocenters. The normalized spacial score (nSPS) is 29.1.